The summed E-state index contributed by atoms with van der Waals surface area (Å²) in [4.78, 5) is 29.2. The van der Waals surface area contributed by atoms with E-state index in [1.165, 1.54) is 11.8 Å². The van der Waals surface area contributed by atoms with Crippen LogP contribution < -0.4 is 10.9 Å². The molecular formula is C15H20N4O4. The zero-order valence-corrected chi connectivity index (χ0v) is 13.1. The van der Waals surface area contributed by atoms with Crippen LogP contribution in [-0.4, -0.2) is 52.1 Å². The van der Waals surface area contributed by atoms with Gasteiger partial charge in [0.25, 0.3) is 11.5 Å². The number of hydrogen-bond acceptors (Lipinski definition) is 5. The van der Waals surface area contributed by atoms with Crippen LogP contribution in [0.25, 0.3) is 11.0 Å². The van der Waals surface area contributed by atoms with Crippen LogP contribution in [0.2, 0.25) is 0 Å². The van der Waals surface area contributed by atoms with Gasteiger partial charge in [0.15, 0.2) is 5.65 Å². The lowest BCUT2D eigenvalue weighted by atomic mass is 10.1. The molecule has 2 heterocycles. The molecule has 2 aromatic heterocycles. The van der Waals surface area contributed by atoms with Crippen LogP contribution in [0.4, 0.5) is 0 Å². The van der Waals surface area contributed by atoms with E-state index in [1.54, 1.807) is 13.1 Å². The first-order valence-corrected chi connectivity index (χ1v) is 7.55. The van der Waals surface area contributed by atoms with Gasteiger partial charge in [0.1, 0.15) is 0 Å². The number of nitrogens with one attached hydrogen (secondary N) is 2. The Morgan fingerprint density at radius 3 is 2.96 bits per heavy atom. The molecule has 0 saturated heterocycles. The minimum atomic E-state index is -0.525. The number of hydrogen-bond donors (Lipinski definition) is 3. The number of amides is 1. The minimum Gasteiger partial charge on any atom is -0.394 e. The zero-order chi connectivity index (χ0) is 16.6. The molecule has 0 bridgehead atoms. The fourth-order valence-electron chi connectivity index (χ4n) is 2.65. The molecule has 0 unspecified atom stereocenters. The molecule has 1 fully saturated rings. The number of carbonyl (C=O) groups excluding carboxylic acids is 1. The van der Waals surface area contributed by atoms with Gasteiger partial charge in [0, 0.05) is 25.8 Å². The van der Waals surface area contributed by atoms with E-state index in [4.69, 9.17) is 4.74 Å². The third-order valence-electron chi connectivity index (χ3n) is 4.00. The van der Waals surface area contributed by atoms with Gasteiger partial charge in [0.05, 0.1) is 30.2 Å². The zero-order valence-electron chi connectivity index (χ0n) is 13.1. The van der Waals surface area contributed by atoms with E-state index in [0.717, 1.165) is 18.5 Å². The molecular weight excluding hydrogens is 300 g/mol. The van der Waals surface area contributed by atoms with Gasteiger partial charge in [-0.3, -0.25) is 19.4 Å². The van der Waals surface area contributed by atoms with E-state index in [9.17, 15) is 14.7 Å². The Hall–Kier alpha value is -2.19. The highest BCUT2D eigenvalue weighted by molar-refractivity contribution is 6.05. The van der Waals surface area contributed by atoms with Gasteiger partial charge < -0.3 is 15.2 Å². The Morgan fingerprint density at radius 1 is 1.61 bits per heavy atom. The highest BCUT2D eigenvalue weighted by atomic mass is 16.5. The van der Waals surface area contributed by atoms with Crippen molar-refractivity contribution in [1.82, 2.24) is 20.1 Å². The smallest absolute Gasteiger partial charge is 0.274 e. The van der Waals surface area contributed by atoms with Gasteiger partial charge in [-0.15, -0.1) is 0 Å². The second-order valence-electron chi connectivity index (χ2n) is 5.88. The molecule has 0 radical (unpaired) electrons. The number of fused-ring (bicyclic) bond motifs is 1. The molecule has 1 amide bonds. The van der Waals surface area contributed by atoms with Crippen LogP contribution >= 0.6 is 0 Å². The Morgan fingerprint density at radius 2 is 2.35 bits per heavy atom. The molecule has 0 aliphatic heterocycles. The van der Waals surface area contributed by atoms with Crippen LogP contribution in [0.5, 0.6) is 0 Å². The molecule has 0 aromatic carbocycles. The maximum atomic E-state index is 12.6. The standard InChI is InChI=1S/C15H20N4O4/c1-19-13-12(15(22)18-19)10(5-11(17-13)8-3-4-8)14(21)16-9(6-20)7-23-2/h5,8-9,20H,3-4,6-7H2,1-2H3,(H,16,21)(H,18,22)/t9-/m0/s1. The summed E-state index contributed by atoms with van der Waals surface area (Å²) in [6.07, 6.45) is 2.09. The quantitative estimate of drug-likeness (QED) is 0.687. The maximum absolute atomic E-state index is 12.6. The van der Waals surface area contributed by atoms with E-state index in [2.05, 4.69) is 15.4 Å². The summed E-state index contributed by atoms with van der Waals surface area (Å²) in [6.45, 7) is -0.0501. The van der Waals surface area contributed by atoms with Crippen molar-refractivity contribution in [1.29, 1.82) is 0 Å². The molecule has 3 rings (SSSR count). The third-order valence-corrected chi connectivity index (χ3v) is 4.00. The third kappa shape index (κ3) is 2.99. The van der Waals surface area contributed by atoms with Crippen molar-refractivity contribution in [3.63, 3.8) is 0 Å². The van der Waals surface area contributed by atoms with Gasteiger partial charge >= 0.3 is 0 Å². The summed E-state index contributed by atoms with van der Waals surface area (Å²) in [6, 6.07) is 1.16. The first kappa shape index (κ1) is 15.7. The largest absolute Gasteiger partial charge is 0.394 e. The van der Waals surface area contributed by atoms with Gasteiger partial charge in [-0.1, -0.05) is 0 Å². The molecule has 124 valence electrons. The SMILES string of the molecule is COC[C@H](CO)NC(=O)c1cc(C2CC2)nc2c1c(=O)[nH]n2C. The van der Waals surface area contributed by atoms with Crippen molar-refractivity contribution in [2.45, 2.75) is 24.8 Å². The summed E-state index contributed by atoms with van der Waals surface area (Å²) in [5, 5.41) is 14.9. The monoisotopic (exact) mass is 320 g/mol. The minimum absolute atomic E-state index is 0.192. The second-order valence-corrected chi connectivity index (χ2v) is 5.88. The van der Waals surface area contributed by atoms with E-state index in [-0.39, 0.29) is 29.7 Å². The van der Waals surface area contributed by atoms with Crippen LogP contribution in [0.15, 0.2) is 10.9 Å². The fourth-order valence-corrected chi connectivity index (χ4v) is 2.65. The van der Waals surface area contributed by atoms with Gasteiger partial charge in [-0.25, -0.2) is 4.98 Å². The van der Waals surface area contributed by atoms with E-state index in [0.29, 0.717) is 11.6 Å². The number of pyridine rings is 1. The Kier molecular flexibility index (Phi) is 4.18. The van der Waals surface area contributed by atoms with Gasteiger partial charge in [-0.2, -0.15) is 0 Å². The molecule has 1 aliphatic rings. The van der Waals surface area contributed by atoms with E-state index < -0.39 is 11.9 Å². The predicted molar refractivity (Wildman–Crippen MR) is 83.5 cm³/mol. The highest BCUT2D eigenvalue weighted by Crippen LogP contribution is 2.39. The molecule has 0 spiro atoms. The topological polar surface area (TPSA) is 109 Å². The van der Waals surface area contributed by atoms with E-state index in [1.807, 2.05) is 0 Å². The molecule has 8 nitrogen and oxygen atoms in total. The Bertz CT molecular complexity index is 791. The summed E-state index contributed by atoms with van der Waals surface area (Å²) >= 11 is 0. The first-order valence-electron chi connectivity index (χ1n) is 7.55. The van der Waals surface area contributed by atoms with Gasteiger partial charge in [-0.05, 0) is 18.9 Å². The van der Waals surface area contributed by atoms with Crippen molar-refractivity contribution >= 4 is 16.9 Å². The van der Waals surface area contributed by atoms with Crippen LogP contribution in [0.1, 0.15) is 34.8 Å². The number of aromatic amines is 1. The number of nitrogens with zero attached hydrogens (tertiary/aromatic N) is 2. The van der Waals surface area contributed by atoms with Crippen molar-refractivity contribution in [2.75, 3.05) is 20.3 Å². The molecule has 23 heavy (non-hydrogen) atoms. The number of H-pyrrole nitrogens is 1. The number of carbonyl (C=O) groups is 1. The molecule has 8 heteroatoms. The fraction of sp³-hybridized carbons (Fsp3) is 0.533. The summed E-state index contributed by atoms with van der Waals surface area (Å²) in [5.74, 6) is -0.0596. The molecule has 2 aromatic rings. The Balaban J connectivity index is 2.04. The molecule has 3 N–H and O–H groups in total. The average Bonchev–Trinajstić information content (AvgIpc) is 3.33. The summed E-state index contributed by atoms with van der Waals surface area (Å²) < 4.78 is 6.49. The lowest BCUT2D eigenvalue weighted by Gasteiger charge is -2.15. The average molecular weight is 320 g/mol. The number of aliphatic hydroxyl groups excluding tert-OH is 1. The lowest BCUT2D eigenvalue weighted by molar-refractivity contribution is 0.0841. The van der Waals surface area contributed by atoms with Crippen LogP contribution in [0.3, 0.4) is 0 Å². The van der Waals surface area contributed by atoms with Crippen molar-refractivity contribution < 1.29 is 14.6 Å². The lowest BCUT2D eigenvalue weighted by Crippen LogP contribution is -2.41. The van der Waals surface area contributed by atoms with Crippen LogP contribution in [0, 0.1) is 0 Å². The number of rotatable bonds is 6. The van der Waals surface area contributed by atoms with Crippen LogP contribution in [-0.2, 0) is 11.8 Å². The van der Waals surface area contributed by atoms with Crippen molar-refractivity contribution in [3.8, 4) is 0 Å². The second kappa shape index (κ2) is 6.13. The highest BCUT2D eigenvalue weighted by Gasteiger charge is 2.29. The molecule has 1 atom stereocenters. The van der Waals surface area contributed by atoms with Gasteiger partial charge in [0.2, 0.25) is 0 Å². The van der Waals surface area contributed by atoms with Crippen molar-refractivity contribution in [3.05, 3.63) is 27.7 Å². The molecule has 1 saturated carbocycles. The molecule has 1 aliphatic carbocycles. The summed E-state index contributed by atoms with van der Waals surface area (Å²) in [5.41, 5.74) is 1.23. The first-order chi connectivity index (χ1) is 11.0. The number of aromatic nitrogens is 3. The number of aliphatic hydroxyl groups is 1. The Labute approximate surface area is 132 Å². The number of ether oxygens (including phenoxy) is 1. The normalized spacial score (nSPS) is 15.8. The predicted octanol–water partition coefficient (Wildman–Crippen LogP) is -0.124. The van der Waals surface area contributed by atoms with Crippen molar-refractivity contribution in [2.24, 2.45) is 7.05 Å². The number of aryl methyl sites for hydroxylation is 1. The number of methoxy groups -OCH3 is 1. The van der Waals surface area contributed by atoms with E-state index >= 15 is 0 Å². The maximum Gasteiger partial charge on any atom is 0.274 e. The summed E-state index contributed by atoms with van der Waals surface area (Å²) in [7, 11) is 3.18.